The van der Waals surface area contributed by atoms with Crippen LogP contribution in [0.4, 0.5) is 0 Å². The van der Waals surface area contributed by atoms with E-state index in [0.717, 1.165) is 35.3 Å². The van der Waals surface area contributed by atoms with Gasteiger partial charge in [-0.15, -0.1) is 0 Å². The van der Waals surface area contributed by atoms with Crippen LogP contribution in [0.15, 0.2) is 48.5 Å². The first-order valence-electron chi connectivity index (χ1n) is 11.5. The predicted molar refractivity (Wildman–Crippen MR) is 123 cm³/mol. The third kappa shape index (κ3) is 4.51. The van der Waals surface area contributed by atoms with Gasteiger partial charge >= 0.3 is 0 Å². The van der Waals surface area contributed by atoms with Gasteiger partial charge in [0.05, 0.1) is 12.5 Å². The second-order valence-corrected chi connectivity index (χ2v) is 8.73. The van der Waals surface area contributed by atoms with Crippen molar-refractivity contribution in [3.05, 3.63) is 54.1 Å². The maximum Gasteiger partial charge on any atom is 0.251 e. The molecule has 2 aromatic rings. The highest BCUT2D eigenvalue weighted by atomic mass is 16.5. The largest absolute Gasteiger partial charge is 0.496 e. The van der Waals surface area contributed by atoms with Crippen molar-refractivity contribution < 1.29 is 19.1 Å². The van der Waals surface area contributed by atoms with E-state index in [1.165, 1.54) is 0 Å². The van der Waals surface area contributed by atoms with E-state index in [2.05, 4.69) is 29.6 Å². The lowest BCUT2D eigenvalue weighted by Crippen LogP contribution is -2.46. The molecule has 0 saturated carbocycles. The van der Waals surface area contributed by atoms with Gasteiger partial charge in [-0.25, -0.2) is 0 Å². The van der Waals surface area contributed by atoms with Crippen LogP contribution >= 0.6 is 0 Å². The summed E-state index contributed by atoms with van der Waals surface area (Å²) in [7, 11) is 1.67. The summed E-state index contributed by atoms with van der Waals surface area (Å²) in [5.74, 6) is 0.884. The maximum atomic E-state index is 13.1. The number of rotatable bonds is 7. The van der Waals surface area contributed by atoms with Gasteiger partial charge in [-0.1, -0.05) is 42.5 Å². The highest BCUT2D eigenvalue weighted by molar-refractivity contribution is 5.87. The van der Waals surface area contributed by atoms with Crippen LogP contribution in [0.2, 0.25) is 0 Å². The van der Waals surface area contributed by atoms with Gasteiger partial charge in [0.25, 0.3) is 5.91 Å². The molecule has 4 rings (SSSR count). The number of benzene rings is 2. The Labute approximate surface area is 189 Å². The Kier molecular flexibility index (Phi) is 6.80. The minimum absolute atomic E-state index is 0.0245. The summed E-state index contributed by atoms with van der Waals surface area (Å²) in [4.78, 5) is 27.9. The number of likely N-dealkylation sites (tertiary alicyclic amines) is 1. The van der Waals surface area contributed by atoms with E-state index in [4.69, 9.17) is 9.47 Å². The van der Waals surface area contributed by atoms with Gasteiger partial charge in [-0.05, 0) is 49.8 Å². The zero-order valence-corrected chi connectivity index (χ0v) is 18.9. The predicted octanol–water partition coefficient (Wildman–Crippen LogP) is 3.44. The Morgan fingerprint density at radius 1 is 1.19 bits per heavy atom. The van der Waals surface area contributed by atoms with Crippen molar-refractivity contribution in [1.29, 1.82) is 0 Å². The molecular formula is C26H32N2O4. The van der Waals surface area contributed by atoms with Crippen LogP contribution < -0.4 is 10.1 Å². The summed E-state index contributed by atoms with van der Waals surface area (Å²) < 4.78 is 11.1. The van der Waals surface area contributed by atoms with Crippen LogP contribution in [0.5, 0.6) is 5.75 Å². The molecule has 2 amide bonds. The number of amides is 2. The fourth-order valence-corrected chi connectivity index (χ4v) is 4.87. The average molecular weight is 437 g/mol. The van der Waals surface area contributed by atoms with Gasteiger partial charge < -0.3 is 19.7 Å². The number of nitrogens with zero attached hydrogens (tertiary/aromatic N) is 1. The van der Waals surface area contributed by atoms with Gasteiger partial charge in [0.2, 0.25) is 5.91 Å². The molecule has 2 heterocycles. The number of nitrogens with one attached hydrogen (secondary N) is 1. The lowest BCUT2D eigenvalue weighted by Gasteiger charge is -2.29. The first-order chi connectivity index (χ1) is 15.6. The van der Waals surface area contributed by atoms with Crippen molar-refractivity contribution in [3.63, 3.8) is 0 Å². The van der Waals surface area contributed by atoms with Crippen molar-refractivity contribution in [2.24, 2.45) is 5.41 Å². The molecule has 2 aliphatic rings. The molecule has 0 aromatic heterocycles. The van der Waals surface area contributed by atoms with Crippen molar-refractivity contribution in [2.75, 3.05) is 33.4 Å². The summed E-state index contributed by atoms with van der Waals surface area (Å²) in [6.07, 6.45) is 2.60. The van der Waals surface area contributed by atoms with Crippen LogP contribution in [-0.4, -0.2) is 56.2 Å². The van der Waals surface area contributed by atoms with E-state index in [1.807, 2.05) is 36.1 Å². The molecule has 0 spiro atoms. The van der Waals surface area contributed by atoms with Crippen molar-refractivity contribution in [2.45, 2.75) is 38.7 Å². The van der Waals surface area contributed by atoms with E-state index in [1.54, 1.807) is 7.11 Å². The molecule has 2 aliphatic heterocycles. The van der Waals surface area contributed by atoms with Crippen LogP contribution in [-0.2, 0) is 20.7 Å². The Morgan fingerprint density at radius 3 is 2.66 bits per heavy atom. The van der Waals surface area contributed by atoms with E-state index in [9.17, 15) is 9.59 Å². The Morgan fingerprint density at radius 2 is 1.97 bits per heavy atom. The number of carbonyl (C=O) groups excluding carboxylic acids is 2. The Balaban J connectivity index is 1.53. The molecule has 170 valence electrons. The number of hydrogen-bond acceptors (Lipinski definition) is 4. The Hall–Kier alpha value is -2.86. The average Bonchev–Trinajstić information content (AvgIpc) is 3.51. The van der Waals surface area contributed by atoms with E-state index >= 15 is 0 Å². The van der Waals surface area contributed by atoms with E-state index in [0.29, 0.717) is 39.1 Å². The second kappa shape index (κ2) is 9.74. The standard InChI is InChI=1S/C26H32N2O4/c1-3-27-25(30)26(14-15-28(18-26)24(29)23-9-6-16-32-23)17-19-10-12-20(13-11-19)21-7-4-5-8-22(21)31-2/h4-5,7-8,10-13,23H,3,6,9,14-18H2,1-2H3,(H,27,30)/t23-,26-/m1/s1. The van der Waals surface area contributed by atoms with E-state index in [-0.39, 0.29) is 17.9 Å². The number of methoxy groups -OCH3 is 1. The van der Waals surface area contributed by atoms with Gasteiger partial charge in [0.1, 0.15) is 11.9 Å². The normalized spacial score (nSPS) is 22.7. The summed E-state index contributed by atoms with van der Waals surface area (Å²) in [5, 5.41) is 3.01. The minimum atomic E-state index is -0.615. The highest BCUT2D eigenvalue weighted by Crippen LogP contribution is 2.37. The molecule has 0 radical (unpaired) electrons. The molecule has 32 heavy (non-hydrogen) atoms. The first-order valence-corrected chi connectivity index (χ1v) is 11.5. The molecule has 6 nitrogen and oxygen atoms in total. The van der Waals surface area contributed by atoms with Crippen LogP contribution in [0.25, 0.3) is 11.1 Å². The zero-order chi connectivity index (χ0) is 22.6. The van der Waals surface area contributed by atoms with E-state index < -0.39 is 5.41 Å². The van der Waals surface area contributed by atoms with Gasteiger partial charge in [0, 0.05) is 31.8 Å². The molecule has 0 aliphatic carbocycles. The third-order valence-electron chi connectivity index (χ3n) is 6.60. The summed E-state index contributed by atoms with van der Waals surface area (Å²) in [6.45, 7) is 4.18. The van der Waals surface area contributed by atoms with Crippen LogP contribution in [0.3, 0.4) is 0 Å². The topological polar surface area (TPSA) is 67.9 Å². The molecule has 1 N–H and O–H groups in total. The molecule has 0 bridgehead atoms. The summed E-state index contributed by atoms with van der Waals surface area (Å²) >= 11 is 0. The fraction of sp³-hybridized carbons (Fsp3) is 0.462. The summed E-state index contributed by atoms with van der Waals surface area (Å²) in [5.41, 5.74) is 2.58. The monoisotopic (exact) mass is 436 g/mol. The first kappa shape index (κ1) is 22.3. The number of para-hydroxylation sites is 1. The molecule has 0 unspecified atom stereocenters. The highest BCUT2D eigenvalue weighted by Gasteiger charge is 2.47. The Bertz CT molecular complexity index is 953. The number of hydrogen-bond donors (Lipinski definition) is 1. The molecular weight excluding hydrogens is 404 g/mol. The lowest BCUT2D eigenvalue weighted by molar-refractivity contribution is -0.141. The van der Waals surface area contributed by atoms with Crippen molar-refractivity contribution >= 4 is 11.8 Å². The zero-order valence-electron chi connectivity index (χ0n) is 18.9. The quantitative estimate of drug-likeness (QED) is 0.722. The lowest BCUT2D eigenvalue weighted by atomic mass is 9.79. The van der Waals surface area contributed by atoms with Crippen molar-refractivity contribution in [3.8, 4) is 16.9 Å². The molecule has 2 atom stereocenters. The van der Waals surface area contributed by atoms with Gasteiger partial charge in [-0.3, -0.25) is 9.59 Å². The molecule has 2 saturated heterocycles. The minimum Gasteiger partial charge on any atom is -0.496 e. The number of carbonyl (C=O) groups is 2. The number of ether oxygens (including phenoxy) is 2. The van der Waals surface area contributed by atoms with Gasteiger partial charge in [0.15, 0.2) is 0 Å². The molecule has 6 heteroatoms. The molecule has 2 fully saturated rings. The smallest absolute Gasteiger partial charge is 0.251 e. The fourth-order valence-electron chi connectivity index (χ4n) is 4.87. The second-order valence-electron chi connectivity index (χ2n) is 8.73. The molecule has 2 aromatic carbocycles. The maximum absolute atomic E-state index is 13.1. The van der Waals surface area contributed by atoms with Crippen LogP contribution in [0.1, 0.15) is 31.7 Å². The van der Waals surface area contributed by atoms with Gasteiger partial charge in [-0.2, -0.15) is 0 Å². The van der Waals surface area contributed by atoms with Crippen LogP contribution in [0, 0.1) is 5.41 Å². The third-order valence-corrected chi connectivity index (χ3v) is 6.60. The SMILES string of the molecule is CCNC(=O)[C@@]1(Cc2ccc(-c3ccccc3OC)cc2)CCN(C(=O)[C@H]2CCCO2)C1. The summed E-state index contributed by atoms with van der Waals surface area (Å²) in [6, 6.07) is 16.2. The van der Waals surface area contributed by atoms with Crippen molar-refractivity contribution in [1.82, 2.24) is 10.2 Å².